The van der Waals surface area contributed by atoms with Crippen LogP contribution >= 0.6 is 0 Å². The van der Waals surface area contributed by atoms with E-state index in [-0.39, 0.29) is 6.04 Å². The molecule has 0 radical (unpaired) electrons. The van der Waals surface area contributed by atoms with E-state index in [0.29, 0.717) is 12.3 Å². The summed E-state index contributed by atoms with van der Waals surface area (Å²) in [6.45, 7) is 0.422. The Morgan fingerprint density at radius 1 is 1.33 bits per heavy atom. The van der Waals surface area contributed by atoms with Gasteiger partial charge < -0.3 is 10.5 Å². The van der Waals surface area contributed by atoms with Crippen molar-refractivity contribution in [2.45, 2.75) is 31.9 Å². The molecule has 4 nitrogen and oxygen atoms in total. The van der Waals surface area contributed by atoms with Gasteiger partial charge in [0.2, 0.25) is 0 Å². The Kier molecular flexibility index (Phi) is 3.85. The molecule has 0 unspecified atom stereocenters. The minimum Gasteiger partial charge on any atom is -0.489 e. The van der Waals surface area contributed by atoms with Gasteiger partial charge in [-0.3, -0.25) is 0 Å². The van der Waals surface area contributed by atoms with E-state index < -0.39 is 0 Å². The summed E-state index contributed by atoms with van der Waals surface area (Å²) in [5.74, 6) is 0.821. The maximum absolute atomic E-state index is 8.84. The first kappa shape index (κ1) is 13.6. The lowest BCUT2D eigenvalue weighted by atomic mass is 9.88. The van der Waals surface area contributed by atoms with Crippen molar-refractivity contribution in [1.29, 1.82) is 5.26 Å². The molecule has 1 aliphatic rings. The van der Waals surface area contributed by atoms with Crippen LogP contribution in [0.4, 0.5) is 0 Å². The standard InChI is InChI=1S/C17H17N3O/c18-10-14-8-12(6-7-20-14)11-21-15-5-4-13-2-1-3-17(19)16(13)9-15/h4-9,17H,1-3,11,19H2/t17-/m0/s1. The summed E-state index contributed by atoms with van der Waals surface area (Å²) >= 11 is 0. The summed E-state index contributed by atoms with van der Waals surface area (Å²) in [5.41, 5.74) is 10.0. The van der Waals surface area contributed by atoms with E-state index in [0.717, 1.165) is 30.6 Å². The second kappa shape index (κ2) is 5.94. The van der Waals surface area contributed by atoms with Gasteiger partial charge >= 0.3 is 0 Å². The van der Waals surface area contributed by atoms with E-state index in [2.05, 4.69) is 11.1 Å². The number of aromatic nitrogens is 1. The average Bonchev–Trinajstić information content (AvgIpc) is 2.54. The van der Waals surface area contributed by atoms with Crippen LogP contribution < -0.4 is 10.5 Å². The molecule has 1 aliphatic carbocycles. The number of rotatable bonds is 3. The van der Waals surface area contributed by atoms with Gasteiger partial charge in [-0.1, -0.05) is 6.07 Å². The lowest BCUT2D eigenvalue weighted by Gasteiger charge is -2.22. The van der Waals surface area contributed by atoms with Crippen molar-refractivity contribution in [3.8, 4) is 11.8 Å². The maximum atomic E-state index is 8.84. The van der Waals surface area contributed by atoms with Crippen LogP contribution in [-0.4, -0.2) is 4.98 Å². The van der Waals surface area contributed by atoms with E-state index in [1.807, 2.05) is 24.3 Å². The number of hydrogen-bond acceptors (Lipinski definition) is 4. The number of ether oxygens (including phenoxy) is 1. The largest absolute Gasteiger partial charge is 0.489 e. The number of nitriles is 1. The molecule has 0 amide bonds. The van der Waals surface area contributed by atoms with Crippen molar-refractivity contribution < 1.29 is 4.74 Å². The lowest BCUT2D eigenvalue weighted by molar-refractivity contribution is 0.305. The van der Waals surface area contributed by atoms with E-state index in [9.17, 15) is 0 Å². The topological polar surface area (TPSA) is 71.9 Å². The summed E-state index contributed by atoms with van der Waals surface area (Å²) in [4.78, 5) is 3.95. The van der Waals surface area contributed by atoms with Crippen molar-refractivity contribution in [2.75, 3.05) is 0 Å². The van der Waals surface area contributed by atoms with Gasteiger partial charge in [0.05, 0.1) is 0 Å². The Bertz CT molecular complexity index is 691. The highest BCUT2D eigenvalue weighted by molar-refractivity contribution is 5.39. The van der Waals surface area contributed by atoms with Crippen molar-refractivity contribution in [1.82, 2.24) is 4.98 Å². The van der Waals surface area contributed by atoms with Crippen molar-refractivity contribution >= 4 is 0 Å². The fraction of sp³-hybridized carbons (Fsp3) is 0.294. The monoisotopic (exact) mass is 279 g/mol. The number of benzene rings is 1. The second-order valence-electron chi connectivity index (χ2n) is 5.31. The summed E-state index contributed by atoms with van der Waals surface area (Å²) in [7, 11) is 0. The number of pyridine rings is 1. The Morgan fingerprint density at radius 3 is 3.10 bits per heavy atom. The zero-order valence-electron chi connectivity index (χ0n) is 11.7. The minimum atomic E-state index is 0.114. The van der Waals surface area contributed by atoms with Crippen LogP contribution in [0.25, 0.3) is 0 Å². The third-order valence-corrected chi connectivity index (χ3v) is 3.82. The van der Waals surface area contributed by atoms with Gasteiger partial charge in [0.25, 0.3) is 0 Å². The molecule has 1 aromatic carbocycles. The highest BCUT2D eigenvalue weighted by Gasteiger charge is 2.17. The summed E-state index contributed by atoms with van der Waals surface area (Å²) in [6.07, 6.45) is 4.91. The van der Waals surface area contributed by atoms with Gasteiger partial charge in [0.1, 0.15) is 24.1 Å². The predicted octanol–water partition coefficient (Wildman–Crippen LogP) is 2.87. The molecular weight excluding hydrogens is 262 g/mol. The first-order valence-electron chi connectivity index (χ1n) is 7.12. The fourth-order valence-corrected chi connectivity index (χ4v) is 2.70. The van der Waals surface area contributed by atoms with Crippen LogP contribution in [0.1, 0.15) is 41.3 Å². The first-order chi connectivity index (χ1) is 10.3. The molecule has 2 N–H and O–H groups in total. The highest BCUT2D eigenvalue weighted by Crippen LogP contribution is 2.31. The van der Waals surface area contributed by atoms with E-state index in [1.54, 1.807) is 12.3 Å². The molecule has 2 aromatic rings. The van der Waals surface area contributed by atoms with Crippen molar-refractivity contribution in [2.24, 2.45) is 5.73 Å². The van der Waals surface area contributed by atoms with Crippen LogP contribution in [0.3, 0.4) is 0 Å². The zero-order chi connectivity index (χ0) is 14.7. The van der Waals surface area contributed by atoms with Crippen LogP contribution in [0, 0.1) is 11.3 Å². The van der Waals surface area contributed by atoms with E-state index in [1.165, 1.54) is 11.1 Å². The number of fused-ring (bicyclic) bond motifs is 1. The van der Waals surface area contributed by atoms with Gasteiger partial charge in [-0.2, -0.15) is 5.26 Å². The number of nitrogens with two attached hydrogens (primary N) is 1. The van der Waals surface area contributed by atoms with Gasteiger partial charge in [0, 0.05) is 12.2 Å². The van der Waals surface area contributed by atoms with Gasteiger partial charge in [-0.15, -0.1) is 0 Å². The van der Waals surface area contributed by atoms with Gasteiger partial charge in [0.15, 0.2) is 0 Å². The molecule has 0 fully saturated rings. The molecular formula is C17H17N3O. The zero-order valence-corrected chi connectivity index (χ0v) is 11.7. The van der Waals surface area contributed by atoms with Crippen LogP contribution in [0.2, 0.25) is 0 Å². The van der Waals surface area contributed by atoms with Crippen molar-refractivity contribution in [3.63, 3.8) is 0 Å². The predicted molar refractivity (Wildman–Crippen MR) is 79.6 cm³/mol. The number of aryl methyl sites for hydroxylation is 1. The molecule has 0 aliphatic heterocycles. The molecule has 0 bridgehead atoms. The smallest absolute Gasteiger partial charge is 0.140 e. The Hall–Kier alpha value is -2.38. The summed E-state index contributed by atoms with van der Waals surface area (Å²) < 4.78 is 5.81. The molecule has 1 aromatic heterocycles. The average molecular weight is 279 g/mol. The SMILES string of the molecule is N#Cc1cc(COc2ccc3c(c2)[C@@H](N)CCC3)ccn1. The lowest BCUT2D eigenvalue weighted by Crippen LogP contribution is -2.17. The van der Waals surface area contributed by atoms with Crippen molar-refractivity contribution in [3.05, 3.63) is 58.9 Å². The molecule has 0 saturated heterocycles. The second-order valence-corrected chi connectivity index (χ2v) is 5.31. The Labute approximate surface area is 124 Å². The first-order valence-corrected chi connectivity index (χ1v) is 7.12. The molecule has 3 rings (SSSR count). The normalized spacial score (nSPS) is 16.9. The third-order valence-electron chi connectivity index (χ3n) is 3.82. The molecule has 1 heterocycles. The minimum absolute atomic E-state index is 0.114. The number of hydrogen-bond donors (Lipinski definition) is 1. The van der Waals surface area contributed by atoms with E-state index >= 15 is 0 Å². The molecule has 1 atom stereocenters. The van der Waals surface area contributed by atoms with Crippen LogP contribution in [-0.2, 0) is 13.0 Å². The third kappa shape index (κ3) is 3.04. The summed E-state index contributed by atoms with van der Waals surface area (Å²) in [5, 5.41) is 8.84. The quantitative estimate of drug-likeness (QED) is 0.937. The maximum Gasteiger partial charge on any atom is 0.140 e. The summed E-state index contributed by atoms with van der Waals surface area (Å²) in [6, 6.07) is 11.9. The van der Waals surface area contributed by atoms with Gasteiger partial charge in [-0.05, 0) is 60.2 Å². The van der Waals surface area contributed by atoms with Crippen LogP contribution in [0.15, 0.2) is 36.5 Å². The molecule has 4 heteroatoms. The number of nitrogens with zero attached hydrogens (tertiary/aromatic N) is 2. The Morgan fingerprint density at radius 2 is 2.24 bits per heavy atom. The molecule has 0 spiro atoms. The van der Waals surface area contributed by atoms with Crippen LogP contribution in [0.5, 0.6) is 5.75 Å². The van der Waals surface area contributed by atoms with Gasteiger partial charge in [-0.25, -0.2) is 4.98 Å². The molecule has 0 saturated carbocycles. The molecule has 21 heavy (non-hydrogen) atoms. The molecule has 106 valence electrons. The van der Waals surface area contributed by atoms with E-state index in [4.69, 9.17) is 15.7 Å². The fourth-order valence-electron chi connectivity index (χ4n) is 2.70. The Balaban J connectivity index is 1.73. The highest BCUT2D eigenvalue weighted by atomic mass is 16.5.